The third kappa shape index (κ3) is 2.69. The number of nitrogens with two attached hydrogens (primary N) is 1. The molecule has 3 rings (SSSR count). The van der Waals surface area contributed by atoms with Crippen LogP contribution >= 0.6 is 0 Å². The second kappa shape index (κ2) is 5.40. The summed E-state index contributed by atoms with van der Waals surface area (Å²) in [5.41, 5.74) is 5.16. The Morgan fingerprint density at radius 1 is 1.38 bits per heavy atom. The quantitative estimate of drug-likeness (QED) is 0.822. The van der Waals surface area contributed by atoms with Crippen LogP contribution in [0.15, 0.2) is 0 Å². The Labute approximate surface area is 125 Å². The summed E-state index contributed by atoms with van der Waals surface area (Å²) in [6.07, 6.45) is 6.48. The van der Waals surface area contributed by atoms with Crippen molar-refractivity contribution >= 4 is 5.91 Å². The molecule has 2 fully saturated rings. The summed E-state index contributed by atoms with van der Waals surface area (Å²) in [4.78, 5) is 16.6. The molecule has 2 aliphatic rings. The van der Waals surface area contributed by atoms with Crippen LogP contribution in [-0.4, -0.2) is 32.3 Å². The third-order valence-electron chi connectivity index (χ3n) is 4.74. The van der Waals surface area contributed by atoms with Crippen LogP contribution in [0.5, 0.6) is 0 Å². The zero-order chi connectivity index (χ0) is 15.0. The molecule has 1 aromatic rings. The summed E-state index contributed by atoms with van der Waals surface area (Å²) < 4.78 is 2.04. The zero-order valence-electron chi connectivity index (χ0n) is 12.9. The van der Waals surface area contributed by atoms with Crippen molar-refractivity contribution in [3.63, 3.8) is 0 Å². The average Bonchev–Trinajstić information content (AvgIpc) is 3.03. The molecule has 1 aromatic heterocycles. The lowest BCUT2D eigenvalue weighted by molar-refractivity contribution is -0.124. The molecule has 6 nitrogen and oxygen atoms in total. The minimum Gasteiger partial charge on any atom is -0.368 e. The van der Waals surface area contributed by atoms with E-state index in [0.29, 0.717) is 6.04 Å². The predicted octanol–water partition coefficient (Wildman–Crippen LogP) is 1.10. The maximum atomic E-state index is 12.0. The van der Waals surface area contributed by atoms with Crippen LogP contribution in [0.1, 0.15) is 63.6 Å². The number of nitrogens with zero attached hydrogens (tertiary/aromatic N) is 3. The summed E-state index contributed by atoms with van der Waals surface area (Å²) in [5, 5.41) is 8.11. The van der Waals surface area contributed by atoms with Gasteiger partial charge in [0.05, 0.1) is 11.6 Å². The zero-order valence-corrected chi connectivity index (χ0v) is 12.9. The standard InChI is InChI=1S/C15H25N5O/c1-3-12-17-13(4-2)20(19-12)11-7-8-15(9-11,14(16)21)18-10-5-6-10/h10-11,18H,3-9H2,1-2H3,(H2,16,21). The maximum absolute atomic E-state index is 12.0. The highest BCUT2D eigenvalue weighted by molar-refractivity contribution is 5.85. The van der Waals surface area contributed by atoms with Gasteiger partial charge in [0, 0.05) is 18.9 Å². The first-order chi connectivity index (χ1) is 10.1. The Hall–Kier alpha value is -1.43. The molecular weight excluding hydrogens is 266 g/mol. The van der Waals surface area contributed by atoms with E-state index in [1.54, 1.807) is 0 Å². The number of carbonyl (C=O) groups excluding carboxylic acids is 1. The number of primary amides is 1. The van der Waals surface area contributed by atoms with Gasteiger partial charge in [-0.2, -0.15) is 5.10 Å². The van der Waals surface area contributed by atoms with Crippen LogP contribution in [0.25, 0.3) is 0 Å². The summed E-state index contributed by atoms with van der Waals surface area (Å²) in [7, 11) is 0. The minimum atomic E-state index is -0.546. The fourth-order valence-corrected chi connectivity index (χ4v) is 3.36. The van der Waals surface area contributed by atoms with Crippen LogP contribution in [-0.2, 0) is 17.6 Å². The molecule has 2 unspecified atom stereocenters. The van der Waals surface area contributed by atoms with Gasteiger partial charge in [0.25, 0.3) is 0 Å². The number of aromatic nitrogens is 3. The molecule has 0 saturated heterocycles. The number of rotatable bonds is 6. The number of hydrogen-bond donors (Lipinski definition) is 2. The first-order valence-corrected chi connectivity index (χ1v) is 8.10. The molecule has 2 aliphatic carbocycles. The number of carbonyl (C=O) groups is 1. The van der Waals surface area contributed by atoms with Crippen LogP contribution in [0.3, 0.4) is 0 Å². The van der Waals surface area contributed by atoms with E-state index in [-0.39, 0.29) is 11.9 Å². The van der Waals surface area contributed by atoms with Gasteiger partial charge in [-0.05, 0) is 32.1 Å². The fraction of sp³-hybridized carbons (Fsp3) is 0.800. The lowest BCUT2D eigenvalue weighted by Gasteiger charge is -2.27. The van der Waals surface area contributed by atoms with Crippen LogP contribution < -0.4 is 11.1 Å². The van der Waals surface area contributed by atoms with Crippen molar-refractivity contribution in [2.75, 3.05) is 0 Å². The van der Waals surface area contributed by atoms with Crippen molar-refractivity contribution in [3.8, 4) is 0 Å². The maximum Gasteiger partial charge on any atom is 0.237 e. The molecule has 0 aliphatic heterocycles. The molecule has 3 N–H and O–H groups in total. The van der Waals surface area contributed by atoms with Crippen molar-refractivity contribution in [1.29, 1.82) is 0 Å². The van der Waals surface area contributed by atoms with Gasteiger partial charge in [0.1, 0.15) is 5.82 Å². The number of amides is 1. The Kier molecular flexibility index (Phi) is 3.73. The fourth-order valence-electron chi connectivity index (χ4n) is 3.36. The molecular formula is C15H25N5O. The van der Waals surface area contributed by atoms with Gasteiger partial charge in [-0.3, -0.25) is 4.79 Å². The first kappa shape index (κ1) is 14.5. The van der Waals surface area contributed by atoms with Crippen LogP contribution in [0.2, 0.25) is 0 Å². The molecule has 1 heterocycles. The Balaban J connectivity index is 1.81. The van der Waals surface area contributed by atoms with Gasteiger partial charge in [-0.15, -0.1) is 0 Å². The van der Waals surface area contributed by atoms with E-state index in [1.807, 2.05) is 4.68 Å². The summed E-state index contributed by atoms with van der Waals surface area (Å²) in [6, 6.07) is 0.704. The highest BCUT2D eigenvalue weighted by Gasteiger charge is 2.47. The van der Waals surface area contributed by atoms with E-state index in [9.17, 15) is 4.79 Å². The van der Waals surface area contributed by atoms with Gasteiger partial charge < -0.3 is 11.1 Å². The normalized spacial score (nSPS) is 29.0. The largest absolute Gasteiger partial charge is 0.368 e. The first-order valence-electron chi connectivity index (χ1n) is 8.10. The summed E-state index contributed by atoms with van der Waals surface area (Å²) >= 11 is 0. The predicted molar refractivity (Wildman–Crippen MR) is 79.7 cm³/mol. The molecule has 1 amide bonds. The summed E-state index contributed by atoms with van der Waals surface area (Å²) in [5.74, 6) is 1.69. The van der Waals surface area contributed by atoms with E-state index >= 15 is 0 Å². The molecule has 6 heteroatoms. The molecule has 0 radical (unpaired) electrons. The third-order valence-corrected chi connectivity index (χ3v) is 4.74. The highest BCUT2D eigenvalue weighted by atomic mass is 16.1. The lowest BCUT2D eigenvalue weighted by Crippen LogP contribution is -2.54. The van der Waals surface area contributed by atoms with Gasteiger partial charge in [0.15, 0.2) is 5.82 Å². The lowest BCUT2D eigenvalue weighted by atomic mass is 9.96. The van der Waals surface area contributed by atoms with E-state index in [1.165, 1.54) is 0 Å². The Bertz CT molecular complexity index is 536. The van der Waals surface area contributed by atoms with E-state index in [4.69, 9.17) is 5.73 Å². The smallest absolute Gasteiger partial charge is 0.237 e. The van der Waals surface area contributed by atoms with Gasteiger partial charge >= 0.3 is 0 Å². The number of aryl methyl sites for hydroxylation is 2. The topological polar surface area (TPSA) is 85.8 Å². The molecule has 0 aromatic carbocycles. The highest BCUT2D eigenvalue weighted by Crippen LogP contribution is 2.40. The van der Waals surface area contributed by atoms with Crippen molar-refractivity contribution in [3.05, 3.63) is 11.6 Å². The van der Waals surface area contributed by atoms with Gasteiger partial charge in [-0.1, -0.05) is 13.8 Å². The molecule has 21 heavy (non-hydrogen) atoms. The molecule has 0 bridgehead atoms. The molecule has 0 spiro atoms. The van der Waals surface area contributed by atoms with Crippen LogP contribution in [0.4, 0.5) is 0 Å². The van der Waals surface area contributed by atoms with E-state index < -0.39 is 5.54 Å². The van der Waals surface area contributed by atoms with Crippen molar-refractivity contribution in [1.82, 2.24) is 20.1 Å². The number of nitrogens with one attached hydrogen (secondary N) is 1. The minimum absolute atomic E-state index is 0.217. The second-order valence-corrected chi connectivity index (χ2v) is 6.36. The average molecular weight is 291 g/mol. The second-order valence-electron chi connectivity index (χ2n) is 6.36. The van der Waals surface area contributed by atoms with E-state index in [0.717, 1.165) is 56.6 Å². The number of hydrogen-bond acceptors (Lipinski definition) is 4. The van der Waals surface area contributed by atoms with Crippen molar-refractivity contribution < 1.29 is 4.79 Å². The molecule has 2 saturated carbocycles. The Morgan fingerprint density at radius 2 is 2.14 bits per heavy atom. The molecule has 116 valence electrons. The monoisotopic (exact) mass is 291 g/mol. The van der Waals surface area contributed by atoms with Gasteiger partial charge in [-0.25, -0.2) is 9.67 Å². The Morgan fingerprint density at radius 3 is 2.71 bits per heavy atom. The molecule has 2 atom stereocenters. The SMILES string of the molecule is CCc1nc(CC)n(C2CCC(NC3CC3)(C(N)=O)C2)n1. The van der Waals surface area contributed by atoms with Crippen molar-refractivity contribution in [2.24, 2.45) is 5.73 Å². The summed E-state index contributed by atoms with van der Waals surface area (Å²) in [6.45, 7) is 4.16. The van der Waals surface area contributed by atoms with E-state index in [2.05, 4.69) is 29.2 Å². The van der Waals surface area contributed by atoms with Crippen LogP contribution in [0, 0.1) is 0 Å². The van der Waals surface area contributed by atoms with Gasteiger partial charge in [0.2, 0.25) is 5.91 Å². The van der Waals surface area contributed by atoms with Crippen molar-refractivity contribution in [2.45, 2.75) is 76.4 Å².